The van der Waals surface area contributed by atoms with Crippen molar-refractivity contribution in [3.05, 3.63) is 76.6 Å². The number of amides is 2. The third kappa shape index (κ3) is 4.39. The zero-order chi connectivity index (χ0) is 22.0. The molecule has 0 atom stereocenters. The fourth-order valence-corrected chi connectivity index (χ4v) is 3.01. The molecule has 1 N–H and O–H groups in total. The molecule has 1 aromatic carbocycles. The van der Waals surface area contributed by atoms with Gasteiger partial charge in [-0.1, -0.05) is 0 Å². The average Bonchev–Trinajstić information content (AvgIpc) is 2.71. The summed E-state index contributed by atoms with van der Waals surface area (Å²) in [6.45, 7) is 0.529. The van der Waals surface area contributed by atoms with Crippen molar-refractivity contribution >= 4 is 17.5 Å². The number of hydrogen-bond acceptors (Lipinski definition) is 6. The van der Waals surface area contributed by atoms with Crippen LogP contribution in [0.3, 0.4) is 0 Å². The topological polar surface area (TPSA) is 110 Å². The van der Waals surface area contributed by atoms with Gasteiger partial charge in [0.05, 0.1) is 29.9 Å². The number of urea groups is 1. The third-order valence-electron chi connectivity index (χ3n) is 4.58. The van der Waals surface area contributed by atoms with Gasteiger partial charge in [-0.25, -0.2) is 18.6 Å². The molecule has 31 heavy (non-hydrogen) atoms. The van der Waals surface area contributed by atoms with E-state index in [9.17, 15) is 23.7 Å². The Hall–Kier alpha value is -4.15. The number of nitrogens with one attached hydrogen (secondary N) is 1. The Morgan fingerprint density at radius 3 is 2.71 bits per heavy atom. The molecule has 3 heterocycles. The molecule has 2 aromatic heterocycles. The number of pyridine rings is 2. The lowest BCUT2D eigenvalue weighted by Gasteiger charge is -2.38. The van der Waals surface area contributed by atoms with E-state index in [2.05, 4.69) is 15.3 Å². The van der Waals surface area contributed by atoms with Crippen molar-refractivity contribution in [1.29, 1.82) is 0 Å². The fraction of sp³-hybridized carbons (Fsp3) is 0.150. The van der Waals surface area contributed by atoms with Gasteiger partial charge in [-0.3, -0.25) is 20.4 Å². The van der Waals surface area contributed by atoms with Gasteiger partial charge in [-0.2, -0.15) is 0 Å². The minimum atomic E-state index is -0.878. The van der Waals surface area contributed by atoms with E-state index >= 15 is 0 Å². The van der Waals surface area contributed by atoms with Gasteiger partial charge in [0, 0.05) is 23.9 Å². The van der Waals surface area contributed by atoms with Gasteiger partial charge in [-0.05, 0) is 30.3 Å². The van der Waals surface area contributed by atoms with Crippen molar-refractivity contribution in [3.63, 3.8) is 0 Å². The van der Waals surface area contributed by atoms with E-state index in [1.165, 1.54) is 17.0 Å². The van der Waals surface area contributed by atoms with Crippen molar-refractivity contribution in [1.82, 2.24) is 14.9 Å². The van der Waals surface area contributed by atoms with E-state index in [0.29, 0.717) is 11.8 Å². The van der Waals surface area contributed by atoms with Gasteiger partial charge in [0.1, 0.15) is 23.5 Å². The second kappa shape index (κ2) is 8.30. The molecule has 9 nitrogen and oxygen atoms in total. The molecule has 4 rings (SSSR count). The van der Waals surface area contributed by atoms with Crippen LogP contribution in [0.4, 0.5) is 25.1 Å². The zero-order valence-corrected chi connectivity index (χ0v) is 15.9. The van der Waals surface area contributed by atoms with E-state index < -0.39 is 28.3 Å². The molecule has 3 aromatic rings. The second-order valence-electron chi connectivity index (χ2n) is 6.71. The number of aromatic nitrogens is 2. The van der Waals surface area contributed by atoms with Crippen LogP contribution in [0.1, 0.15) is 0 Å². The van der Waals surface area contributed by atoms with E-state index in [1.54, 1.807) is 24.5 Å². The summed E-state index contributed by atoms with van der Waals surface area (Å²) < 4.78 is 32.9. The molecular formula is C20H15F2N5O4. The van der Waals surface area contributed by atoms with Crippen molar-refractivity contribution in [2.75, 3.05) is 18.4 Å². The molecule has 0 aliphatic carbocycles. The normalized spacial score (nSPS) is 13.4. The monoisotopic (exact) mass is 427 g/mol. The summed E-state index contributed by atoms with van der Waals surface area (Å²) in [6, 6.07) is 8.07. The van der Waals surface area contributed by atoms with E-state index in [-0.39, 0.29) is 36.3 Å². The first-order chi connectivity index (χ1) is 14.9. The minimum Gasteiger partial charge on any atom is -0.485 e. The Morgan fingerprint density at radius 1 is 1.23 bits per heavy atom. The van der Waals surface area contributed by atoms with Crippen LogP contribution in [0.5, 0.6) is 5.75 Å². The quantitative estimate of drug-likeness (QED) is 0.492. The third-order valence-corrected chi connectivity index (χ3v) is 4.58. The van der Waals surface area contributed by atoms with Crippen molar-refractivity contribution in [2.45, 2.75) is 6.10 Å². The van der Waals surface area contributed by atoms with Crippen LogP contribution >= 0.6 is 0 Å². The predicted molar refractivity (Wildman–Crippen MR) is 105 cm³/mol. The molecular weight excluding hydrogens is 412 g/mol. The first kappa shape index (κ1) is 20.1. The molecule has 1 aliphatic heterocycles. The van der Waals surface area contributed by atoms with Crippen molar-refractivity contribution in [3.8, 4) is 17.0 Å². The average molecular weight is 427 g/mol. The van der Waals surface area contributed by atoms with Gasteiger partial charge in [0.25, 0.3) is 0 Å². The van der Waals surface area contributed by atoms with Crippen LogP contribution in [-0.4, -0.2) is 45.0 Å². The maximum atomic E-state index is 14.1. The van der Waals surface area contributed by atoms with E-state index in [0.717, 1.165) is 12.1 Å². The van der Waals surface area contributed by atoms with Crippen LogP contribution in [0.25, 0.3) is 11.3 Å². The summed E-state index contributed by atoms with van der Waals surface area (Å²) in [5.41, 5.74) is -0.496. The Labute approximate surface area is 174 Å². The maximum absolute atomic E-state index is 14.1. The summed E-state index contributed by atoms with van der Waals surface area (Å²) >= 11 is 0. The number of anilines is 1. The summed E-state index contributed by atoms with van der Waals surface area (Å²) in [4.78, 5) is 32.4. The molecule has 158 valence electrons. The Bertz CT molecular complexity index is 1140. The second-order valence-corrected chi connectivity index (χ2v) is 6.71. The lowest BCUT2D eigenvalue weighted by molar-refractivity contribution is -0.384. The highest BCUT2D eigenvalue weighted by Gasteiger charge is 2.33. The highest BCUT2D eigenvalue weighted by molar-refractivity contribution is 5.91. The van der Waals surface area contributed by atoms with Crippen LogP contribution < -0.4 is 10.1 Å². The van der Waals surface area contributed by atoms with Gasteiger partial charge < -0.3 is 9.64 Å². The van der Waals surface area contributed by atoms with E-state index in [1.807, 2.05) is 0 Å². The zero-order valence-electron chi connectivity index (χ0n) is 15.9. The fourth-order valence-electron chi connectivity index (χ4n) is 3.01. The van der Waals surface area contributed by atoms with Crippen LogP contribution in [0.15, 0.2) is 54.9 Å². The highest BCUT2D eigenvalue weighted by atomic mass is 19.1. The number of carbonyl (C=O) groups excluding carboxylic acids is 1. The molecule has 0 unspecified atom stereocenters. The number of rotatable bonds is 5. The van der Waals surface area contributed by atoms with Crippen molar-refractivity contribution < 1.29 is 23.2 Å². The molecule has 0 spiro atoms. The largest absolute Gasteiger partial charge is 0.485 e. The first-order valence-electron chi connectivity index (χ1n) is 9.14. The Morgan fingerprint density at radius 2 is 2.03 bits per heavy atom. The SMILES string of the molecule is O=C(Nc1nc(-c2ccc(F)cc2F)ccc1[N+](=O)[O-])N1CC(Oc2cccnc2)C1. The number of likely N-dealkylation sites (tertiary alicyclic amines) is 1. The maximum Gasteiger partial charge on any atom is 0.323 e. The van der Waals surface area contributed by atoms with Gasteiger partial charge in [0.15, 0.2) is 0 Å². The molecule has 11 heteroatoms. The lowest BCUT2D eigenvalue weighted by atomic mass is 10.1. The number of carbonyl (C=O) groups is 1. The molecule has 1 saturated heterocycles. The van der Waals surface area contributed by atoms with Crippen LogP contribution in [-0.2, 0) is 0 Å². The van der Waals surface area contributed by atoms with Gasteiger partial charge in [-0.15, -0.1) is 0 Å². The highest BCUT2D eigenvalue weighted by Crippen LogP contribution is 2.29. The van der Waals surface area contributed by atoms with Crippen LogP contribution in [0.2, 0.25) is 0 Å². The first-order valence-corrected chi connectivity index (χ1v) is 9.14. The number of halogens is 2. The minimum absolute atomic E-state index is 0.0137. The molecule has 0 saturated carbocycles. The molecule has 0 radical (unpaired) electrons. The molecule has 0 bridgehead atoms. The smallest absolute Gasteiger partial charge is 0.323 e. The standard InChI is InChI=1S/C20H15F2N5O4/c21-12-3-4-15(16(22)8-12)17-5-6-18(27(29)30)19(24-17)25-20(28)26-10-14(11-26)31-13-2-1-7-23-9-13/h1-9,14H,10-11H2,(H,24,25,28). The number of hydrogen-bond donors (Lipinski definition) is 1. The summed E-state index contributed by atoms with van der Waals surface area (Å²) in [5.74, 6) is -1.42. The summed E-state index contributed by atoms with van der Waals surface area (Å²) in [6.07, 6.45) is 2.92. The molecule has 2 amide bonds. The summed E-state index contributed by atoms with van der Waals surface area (Å²) in [5, 5.41) is 13.7. The van der Waals surface area contributed by atoms with Crippen molar-refractivity contribution in [2.24, 2.45) is 0 Å². The number of nitro groups is 1. The summed E-state index contributed by atoms with van der Waals surface area (Å²) in [7, 11) is 0. The predicted octanol–water partition coefficient (Wildman–Crippen LogP) is 3.63. The molecule has 1 aliphatic rings. The number of nitrogens with zero attached hydrogens (tertiary/aromatic N) is 4. The Kier molecular flexibility index (Phi) is 5.39. The lowest BCUT2D eigenvalue weighted by Crippen LogP contribution is -2.57. The van der Waals surface area contributed by atoms with E-state index in [4.69, 9.17) is 4.74 Å². The van der Waals surface area contributed by atoms with Gasteiger partial charge >= 0.3 is 11.7 Å². The number of benzene rings is 1. The van der Waals surface area contributed by atoms with Crippen LogP contribution in [0, 0.1) is 21.7 Å². The van der Waals surface area contributed by atoms with Gasteiger partial charge in [0.2, 0.25) is 5.82 Å². The Balaban J connectivity index is 1.48. The number of ether oxygens (including phenoxy) is 1. The molecule has 1 fully saturated rings.